The van der Waals surface area contributed by atoms with Crippen LogP contribution in [0.4, 0.5) is 0 Å². The lowest BCUT2D eigenvalue weighted by Crippen LogP contribution is -2.32. The van der Waals surface area contributed by atoms with E-state index in [2.05, 4.69) is 5.32 Å². The number of hydrogen-bond donors (Lipinski definition) is 2. The smallest absolute Gasteiger partial charge is 0.303 e. The summed E-state index contributed by atoms with van der Waals surface area (Å²) in [5.41, 5.74) is 0.552. The Bertz CT molecular complexity index is 494. The molecule has 1 unspecified atom stereocenters. The summed E-state index contributed by atoms with van der Waals surface area (Å²) in [5.74, 6) is 0.426. The summed E-state index contributed by atoms with van der Waals surface area (Å²) in [6.45, 7) is 2.55. The highest BCUT2D eigenvalue weighted by atomic mass is 16.5. The number of carbonyl (C=O) groups excluding carboxylic acids is 1. The minimum absolute atomic E-state index is 0.0510. The van der Waals surface area contributed by atoms with Crippen LogP contribution in [0.5, 0.6) is 5.75 Å². The molecule has 5 heteroatoms. The van der Waals surface area contributed by atoms with E-state index in [0.29, 0.717) is 17.9 Å². The van der Waals surface area contributed by atoms with Crippen molar-refractivity contribution in [2.45, 2.75) is 38.6 Å². The Morgan fingerprint density at radius 1 is 1.33 bits per heavy atom. The van der Waals surface area contributed by atoms with Gasteiger partial charge in [0, 0.05) is 18.0 Å². The lowest BCUT2D eigenvalue weighted by atomic mass is 10.1. The van der Waals surface area contributed by atoms with Crippen molar-refractivity contribution in [1.82, 2.24) is 5.32 Å². The van der Waals surface area contributed by atoms with Crippen LogP contribution in [-0.2, 0) is 4.79 Å². The first kappa shape index (κ1) is 15.4. The number of amides is 1. The van der Waals surface area contributed by atoms with Gasteiger partial charge in [0.15, 0.2) is 0 Å². The van der Waals surface area contributed by atoms with Crippen LogP contribution in [0, 0.1) is 5.92 Å². The lowest BCUT2D eigenvalue weighted by Gasteiger charge is -2.13. The molecule has 0 radical (unpaired) electrons. The van der Waals surface area contributed by atoms with Gasteiger partial charge < -0.3 is 15.2 Å². The zero-order valence-corrected chi connectivity index (χ0v) is 12.2. The second-order valence-electron chi connectivity index (χ2n) is 5.59. The van der Waals surface area contributed by atoms with E-state index in [4.69, 9.17) is 9.84 Å². The van der Waals surface area contributed by atoms with Crippen LogP contribution in [0.1, 0.15) is 43.0 Å². The number of carboxylic acids is 1. The van der Waals surface area contributed by atoms with E-state index in [0.717, 1.165) is 12.4 Å². The molecule has 1 aromatic rings. The van der Waals surface area contributed by atoms with E-state index >= 15 is 0 Å². The Balaban J connectivity index is 1.79. The zero-order chi connectivity index (χ0) is 15.2. The molecular formula is C16H21NO4. The summed E-state index contributed by atoms with van der Waals surface area (Å²) in [5, 5.41) is 11.4. The van der Waals surface area contributed by atoms with Gasteiger partial charge in [-0.1, -0.05) is 0 Å². The van der Waals surface area contributed by atoms with Crippen LogP contribution in [0.3, 0.4) is 0 Å². The molecule has 1 atom stereocenters. The third kappa shape index (κ3) is 5.45. The maximum absolute atomic E-state index is 12.0. The van der Waals surface area contributed by atoms with Crippen LogP contribution in [0.2, 0.25) is 0 Å². The summed E-state index contributed by atoms with van der Waals surface area (Å²) in [7, 11) is 0. The first-order valence-corrected chi connectivity index (χ1v) is 7.30. The van der Waals surface area contributed by atoms with Crippen LogP contribution >= 0.6 is 0 Å². The van der Waals surface area contributed by atoms with Gasteiger partial charge in [-0.3, -0.25) is 9.59 Å². The van der Waals surface area contributed by atoms with E-state index in [1.165, 1.54) is 12.8 Å². The van der Waals surface area contributed by atoms with E-state index in [1.807, 2.05) is 0 Å². The molecule has 1 saturated carbocycles. The molecule has 2 rings (SSSR count). The van der Waals surface area contributed by atoms with Crippen molar-refractivity contribution in [3.05, 3.63) is 29.8 Å². The van der Waals surface area contributed by atoms with Gasteiger partial charge in [-0.15, -0.1) is 0 Å². The maximum atomic E-state index is 12.0. The Labute approximate surface area is 124 Å². The van der Waals surface area contributed by atoms with Gasteiger partial charge in [-0.2, -0.15) is 0 Å². The predicted molar refractivity (Wildman–Crippen MR) is 78.5 cm³/mol. The first-order valence-electron chi connectivity index (χ1n) is 7.30. The number of hydrogen-bond acceptors (Lipinski definition) is 3. The average Bonchev–Trinajstić information content (AvgIpc) is 3.27. The number of carboxylic acid groups (broad SMARTS) is 1. The number of ether oxygens (including phenoxy) is 1. The van der Waals surface area contributed by atoms with Crippen molar-refractivity contribution < 1.29 is 19.4 Å². The van der Waals surface area contributed by atoms with Crippen LogP contribution in [-0.4, -0.2) is 29.6 Å². The molecule has 0 heterocycles. The van der Waals surface area contributed by atoms with Crippen LogP contribution < -0.4 is 10.1 Å². The third-order valence-electron chi connectivity index (χ3n) is 3.47. The topological polar surface area (TPSA) is 75.6 Å². The molecule has 0 bridgehead atoms. The quantitative estimate of drug-likeness (QED) is 0.771. The highest BCUT2D eigenvalue weighted by molar-refractivity contribution is 5.94. The molecule has 0 aromatic heterocycles. The summed E-state index contributed by atoms with van der Waals surface area (Å²) in [6.07, 6.45) is 2.96. The summed E-state index contributed by atoms with van der Waals surface area (Å²) >= 11 is 0. The fourth-order valence-electron chi connectivity index (χ4n) is 1.92. The lowest BCUT2D eigenvalue weighted by molar-refractivity contribution is -0.137. The monoisotopic (exact) mass is 291 g/mol. The van der Waals surface area contributed by atoms with Crippen LogP contribution in [0.15, 0.2) is 24.3 Å². The number of nitrogens with one attached hydrogen (secondary N) is 1. The van der Waals surface area contributed by atoms with Gasteiger partial charge in [0.2, 0.25) is 0 Å². The second kappa shape index (κ2) is 7.11. The fraction of sp³-hybridized carbons (Fsp3) is 0.500. The van der Waals surface area contributed by atoms with Crippen LogP contribution in [0.25, 0.3) is 0 Å². The number of benzene rings is 1. The van der Waals surface area contributed by atoms with Gasteiger partial charge >= 0.3 is 5.97 Å². The molecule has 1 aromatic carbocycles. The minimum atomic E-state index is -0.853. The zero-order valence-electron chi connectivity index (χ0n) is 12.2. The number of aliphatic carboxylic acids is 1. The van der Waals surface area contributed by atoms with Crippen molar-refractivity contribution in [2.24, 2.45) is 5.92 Å². The van der Waals surface area contributed by atoms with Gasteiger partial charge in [0.1, 0.15) is 5.75 Å². The maximum Gasteiger partial charge on any atom is 0.303 e. The highest BCUT2D eigenvalue weighted by Gasteiger charge is 2.21. The molecule has 1 aliphatic carbocycles. The molecule has 0 spiro atoms. The van der Waals surface area contributed by atoms with Gasteiger partial charge in [-0.05, 0) is 56.4 Å². The largest absolute Gasteiger partial charge is 0.493 e. The molecule has 114 valence electrons. The molecule has 2 N–H and O–H groups in total. The van der Waals surface area contributed by atoms with Crippen molar-refractivity contribution in [3.63, 3.8) is 0 Å². The normalized spacial score (nSPS) is 15.3. The van der Waals surface area contributed by atoms with Crippen molar-refractivity contribution in [2.75, 3.05) is 6.61 Å². The summed E-state index contributed by atoms with van der Waals surface area (Å²) in [4.78, 5) is 22.5. The SMILES string of the molecule is CC(CCC(=O)O)NC(=O)c1ccc(OCC2CC2)cc1. The standard InChI is InChI=1S/C16H21NO4/c1-11(2-9-15(18)19)17-16(20)13-5-7-14(8-6-13)21-10-12-3-4-12/h5-8,11-12H,2-4,9-10H2,1H3,(H,17,20)(H,18,19). The fourth-order valence-corrected chi connectivity index (χ4v) is 1.92. The summed E-state index contributed by atoms with van der Waals surface area (Å²) < 4.78 is 5.61. The van der Waals surface area contributed by atoms with E-state index in [9.17, 15) is 9.59 Å². The molecule has 1 fully saturated rings. The summed E-state index contributed by atoms with van der Waals surface area (Å²) in [6, 6.07) is 6.86. The van der Waals surface area contributed by atoms with Crippen molar-refractivity contribution in [3.8, 4) is 5.75 Å². The molecular weight excluding hydrogens is 270 g/mol. The Kier molecular flexibility index (Phi) is 5.20. The van der Waals surface area contributed by atoms with Gasteiger partial charge in [0.25, 0.3) is 5.91 Å². The molecule has 0 saturated heterocycles. The Morgan fingerprint density at radius 2 is 2.00 bits per heavy atom. The molecule has 1 aliphatic rings. The molecule has 5 nitrogen and oxygen atoms in total. The van der Waals surface area contributed by atoms with Gasteiger partial charge in [-0.25, -0.2) is 0 Å². The molecule has 21 heavy (non-hydrogen) atoms. The predicted octanol–water partition coefficient (Wildman–Crippen LogP) is 2.46. The molecule has 1 amide bonds. The first-order chi connectivity index (χ1) is 10.0. The second-order valence-corrected chi connectivity index (χ2v) is 5.59. The average molecular weight is 291 g/mol. The van der Waals surface area contributed by atoms with Crippen molar-refractivity contribution >= 4 is 11.9 Å². The van der Waals surface area contributed by atoms with E-state index in [-0.39, 0.29) is 18.4 Å². The van der Waals surface area contributed by atoms with Crippen molar-refractivity contribution in [1.29, 1.82) is 0 Å². The van der Waals surface area contributed by atoms with E-state index < -0.39 is 5.97 Å². The third-order valence-corrected chi connectivity index (χ3v) is 3.47. The number of carbonyl (C=O) groups is 2. The number of rotatable bonds is 8. The van der Waals surface area contributed by atoms with E-state index in [1.54, 1.807) is 31.2 Å². The Morgan fingerprint density at radius 3 is 2.57 bits per heavy atom. The minimum Gasteiger partial charge on any atom is -0.493 e. The Hall–Kier alpha value is -2.04. The highest BCUT2D eigenvalue weighted by Crippen LogP contribution is 2.29. The van der Waals surface area contributed by atoms with Gasteiger partial charge in [0.05, 0.1) is 6.61 Å². The molecule has 0 aliphatic heterocycles.